The summed E-state index contributed by atoms with van der Waals surface area (Å²) in [7, 11) is -3.61. The molecule has 0 bridgehead atoms. The first-order valence-electron chi connectivity index (χ1n) is 8.96. The molecule has 1 aliphatic heterocycles. The fraction of sp³-hybridized carbons (Fsp3) is 0.529. The largest absolute Gasteiger partial charge is 0.345 e. The van der Waals surface area contributed by atoms with Gasteiger partial charge in [0.15, 0.2) is 0 Å². The lowest BCUT2D eigenvalue weighted by Crippen LogP contribution is -2.52. The van der Waals surface area contributed by atoms with E-state index in [1.807, 2.05) is 0 Å². The van der Waals surface area contributed by atoms with Crippen LogP contribution >= 0.6 is 0 Å². The lowest BCUT2D eigenvalue weighted by atomic mass is 10.3. The Balaban J connectivity index is 1.38. The fourth-order valence-electron chi connectivity index (χ4n) is 3.28. The van der Waals surface area contributed by atoms with Gasteiger partial charge in [-0.1, -0.05) is 0 Å². The van der Waals surface area contributed by atoms with E-state index in [1.54, 1.807) is 23.2 Å². The van der Waals surface area contributed by atoms with Gasteiger partial charge in [-0.05, 0) is 37.4 Å². The van der Waals surface area contributed by atoms with E-state index >= 15 is 0 Å². The first-order chi connectivity index (χ1) is 12.6. The van der Waals surface area contributed by atoms with Gasteiger partial charge in [-0.3, -0.25) is 4.79 Å². The number of nitrogens with zero attached hydrogens (tertiary/aromatic N) is 3. The highest BCUT2D eigenvalue weighted by Crippen LogP contribution is 2.27. The molecule has 1 saturated carbocycles. The highest BCUT2D eigenvalue weighted by Gasteiger charge is 2.32. The summed E-state index contributed by atoms with van der Waals surface area (Å²) in [5.41, 5.74) is 0.557. The number of fused-ring (bicyclic) bond motifs is 1. The van der Waals surface area contributed by atoms with Gasteiger partial charge < -0.3 is 15.2 Å². The van der Waals surface area contributed by atoms with Gasteiger partial charge in [0.2, 0.25) is 15.9 Å². The van der Waals surface area contributed by atoms with Crippen molar-refractivity contribution in [2.24, 2.45) is 5.92 Å². The monoisotopic (exact) mass is 377 g/mol. The van der Waals surface area contributed by atoms with E-state index in [1.165, 1.54) is 23.3 Å². The maximum Gasteiger partial charge on any atom is 0.245 e. The topological polar surface area (TPSA) is 98.4 Å². The second-order valence-corrected chi connectivity index (χ2v) is 8.82. The summed E-state index contributed by atoms with van der Waals surface area (Å²) in [5, 5.41) is 3.79. The second-order valence-electron chi connectivity index (χ2n) is 6.91. The minimum absolute atomic E-state index is 0.0407. The Morgan fingerprint density at radius 3 is 2.77 bits per heavy atom. The van der Waals surface area contributed by atoms with Gasteiger partial charge >= 0.3 is 0 Å². The molecule has 3 heterocycles. The van der Waals surface area contributed by atoms with Crippen LogP contribution in [0.2, 0.25) is 0 Å². The van der Waals surface area contributed by atoms with Gasteiger partial charge in [0.1, 0.15) is 10.5 Å². The Morgan fingerprint density at radius 2 is 2.04 bits per heavy atom. The first kappa shape index (κ1) is 17.4. The third-order valence-corrected chi connectivity index (χ3v) is 6.97. The predicted molar refractivity (Wildman–Crippen MR) is 97.0 cm³/mol. The molecule has 2 N–H and O–H groups in total. The summed E-state index contributed by atoms with van der Waals surface area (Å²) >= 11 is 0. The van der Waals surface area contributed by atoms with Crippen molar-refractivity contribution in [1.82, 2.24) is 24.5 Å². The van der Waals surface area contributed by atoms with Crippen molar-refractivity contribution in [2.45, 2.75) is 17.7 Å². The number of piperazine rings is 1. The Bertz CT molecular complexity index is 898. The maximum atomic E-state index is 13.0. The SMILES string of the molecule is O=C(CNCC1CC1)N1CCN(S(=O)(=O)c2c[nH]c3ncccc23)CC1. The van der Waals surface area contributed by atoms with Gasteiger partial charge in [-0.25, -0.2) is 13.4 Å². The average molecular weight is 377 g/mol. The Kier molecular flexibility index (Phi) is 4.68. The Labute approximate surface area is 152 Å². The molecule has 4 rings (SSSR count). The smallest absolute Gasteiger partial charge is 0.245 e. The number of nitrogens with one attached hydrogen (secondary N) is 2. The number of amides is 1. The molecule has 2 fully saturated rings. The van der Waals surface area contributed by atoms with Crippen molar-refractivity contribution in [3.8, 4) is 0 Å². The summed E-state index contributed by atoms with van der Waals surface area (Å²) in [6.45, 7) is 2.69. The van der Waals surface area contributed by atoms with Gasteiger partial charge in [0, 0.05) is 44.0 Å². The van der Waals surface area contributed by atoms with Crippen LogP contribution in [0.3, 0.4) is 0 Å². The van der Waals surface area contributed by atoms with Crippen LogP contribution in [0.25, 0.3) is 11.0 Å². The molecule has 2 aromatic heterocycles. The van der Waals surface area contributed by atoms with E-state index in [0.717, 1.165) is 12.5 Å². The number of aromatic amines is 1. The number of rotatable bonds is 6. The normalized spacial score (nSPS) is 19.2. The molecule has 0 atom stereocenters. The van der Waals surface area contributed by atoms with Crippen molar-refractivity contribution in [1.29, 1.82) is 0 Å². The van der Waals surface area contributed by atoms with Gasteiger partial charge in [-0.15, -0.1) is 0 Å². The molecule has 1 aliphatic carbocycles. The number of sulfonamides is 1. The van der Waals surface area contributed by atoms with Crippen molar-refractivity contribution < 1.29 is 13.2 Å². The van der Waals surface area contributed by atoms with E-state index in [-0.39, 0.29) is 10.8 Å². The van der Waals surface area contributed by atoms with Crippen LogP contribution in [0.1, 0.15) is 12.8 Å². The second kappa shape index (κ2) is 6.98. The predicted octanol–water partition coefficient (Wildman–Crippen LogP) is 0.395. The van der Waals surface area contributed by atoms with Crippen LogP contribution in [0, 0.1) is 5.92 Å². The highest BCUT2D eigenvalue weighted by atomic mass is 32.2. The van der Waals surface area contributed by atoms with Crippen LogP contribution in [-0.2, 0) is 14.8 Å². The number of H-pyrrole nitrogens is 1. The van der Waals surface area contributed by atoms with Crippen molar-refractivity contribution in [3.63, 3.8) is 0 Å². The third kappa shape index (κ3) is 3.46. The molecule has 2 aliphatic rings. The molecule has 8 nitrogen and oxygen atoms in total. The van der Waals surface area contributed by atoms with Crippen LogP contribution in [-0.4, -0.2) is 72.8 Å². The molecular weight excluding hydrogens is 354 g/mol. The number of carbonyl (C=O) groups excluding carboxylic acids is 1. The molecule has 0 aromatic carbocycles. The van der Waals surface area contributed by atoms with Crippen molar-refractivity contribution >= 4 is 27.0 Å². The number of pyridine rings is 1. The molecular formula is C17H23N5O3S. The minimum atomic E-state index is -3.61. The lowest BCUT2D eigenvalue weighted by Gasteiger charge is -2.34. The van der Waals surface area contributed by atoms with Crippen LogP contribution in [0.4, 0.5) is 0 Å². The van der Waals surface area contributed by atoms with Gasteiger partial charge in [0.05, 0.1) is 6.54 Å². The first-order valence-corrected chi connectivity index (χ1v) is 10.4. The van der Waals surface area contributed by atoms with E-state index in [9.17, 15) is 13.2 Å². The molecule has 1 saturated heterocycles. The Morgan fingerprint density at radius 1 is 1.27 bits per heavy atom. The zero-order valence-corrected chi connectivity index (χ0v) is 15.3. The zero-order valence-electron chi connectivity index (χ0n) is 14.5. The third-order valence-electron chi connectivity index (χ3n) is 5.03. The van der Waals surface area contributed by atoms with E-state index in [2.05, 4.69) is 15.3 Å². The quantitative estimate of drug-likeness (QED) is 0.759. The number of carbonyl (C=O) groups is 1. The maximum absolute atomic E-state index is 13.0. The van der Waals surface area contributed by atoms with Crippen LogP contribution < -0.4 is 5.32 Å². The zero-order chi connectivity index (χ0) is 18.1. The number of hydrogen-bond donors (Lipinski definition) is 2. The minimum Gasteiger partial charge on any atom is -0.345 e. The lowest BCUT2D eigenvalue weighted by molar-refractivity contribution is -0.131. The average Bonchev–Trinajstić information content (AvgIpc) is 3.37. The number of hydrogen-bond acceptors (Lipinski definition) is 5. The molecule has 9 heteroatoms. The molecule has 1 amide bonds. The van der Waals surface area contributed by atoms with E-state index < -0.39 is 10.0 Å². The summed E-state index contributed by atoms with van der Waals surface area (Å²) < 4.78 is 27.4. The summed E-state index contributed by atoms with van der Waals surface area (Å²) in [5.74, 6) is 0.773. The van der Waals surface area contributed by atoms with Crippen molar-refractivity contribution in [2.75, 3.05) is 39.3 Å². The molecule has 0 radical (unpaired) electrons. The van der Waals surface area contributed by atoms with Crippen LogP contribution in [0.15, 0.2) is 29.4 Å². The Hall–Kier alpha value is -1.97. The molecule has 0 spiro atoms. The van der Waals surface area contributed by atoms with Gasteiger partial charge in [0.25, 0.3) is 0 Å². The highest BCUT2D eigenvalue weighted by molar-refractivity contribution is 7.89. The molecule has 140 valence electrons. The molecule has 2 aromatic rings. The summed E-state index contributed by atoms with van der Waals surface area (Å²) in [6.07, 6.45) is 5.62. The fourth-order valence-corrected chi connectivity index (χ4v) is 4.85. The van der Waals surface area contributed by atoms with Crippen molar-refractivity contribution in [3.05, 3.63) is 24.5 Å². The molecule has 0 unspecified atom stereocenters. The standard InChI is InChI=1S/C17H23N5O3S/c23-16(12-18-10-13-3-4-13)21-6-8-22(9-7-21)26(24,25)15-11-20-17-14(15)2-1-5-19-17/h1-2,5,11,13,18H,3-4,6-10,12H2,(H,19,20). The van der Waals surface area contributed by atoms with E-state index in [4.69, 9.17) is 0 Å². The van der Waals surface area contributed by atoms with Gasteiger partial charge in [-0.2, -0.15) is 4.31 Å². The summed E-state index contributed by atoms with van der Waals surface area (Å²) in [6, 6.07) is 3.47. The number of aromatic nitrogens is 2. The van der Waals surface area contributed by atoms with E-state index in [0.29, 0.717) is 43.8 Å². The summed E-state index contributed by atoms with van der Waals surface area (Å²) in [4.78, 5) is 21.3. The molecule has 26 heavy (non-hydrogen) atoms. The van der Waals surface area contributed by atoms with Crippen LogP contribution in [0.5, 0.6) is 0 Å².